The van der Waals surface area contributed by atoms with Crippen LogP contribution in [0.3, 0.4) is 0 Å². The highest BCUT2D eigenvalue weighted by molar-refractivity contribution is 5.92. The largest absolute Gasteiger partial charge is 0.477 e. The van der Waals surface area contributed by atoms with Crippen molar-refractivity contribution in [3.63, 3.8) is 0 Å². The zero-order chi connectivity index (χ0) is 44.5. The van der Waals surface area contributed by atoms with Crippen molar-refractivity contribution in [3.8, 4) is 23.0 Å². The number of aliphatic hydroxyl groups is 2. The van der Waals surface area contributed by atoms with Crippen LogP contribution in [-0.2, 0) is 55.7 Å². The number of nitrogens with zero attached hydrogens (tertiary/aromatic N) is 2. The van der Waals surface area contributed by atoms with E-state index >= 15 is 0 Å². The summed E-state index contributed by atoms with van der Waals surface area (Å²) in [6.45, 7) is 2.68. The Hall–Kier alpha value is -5.56. The third-order valence-corrected chi connectivity index (χ3v) is 17.7. The van der Waals surface area contributed by atoms with Crippen LogP contribution in [0.2, 0.25) is 0 Å². The lowest BCUT2D eigenvalue weighted by Crippen LogP contribution is -2.76. The zero-order valence-corrected chi connectivity index (χ0v) is 36.8. The number of hydrogen-bond donors (Lipinski definition) is 2. The molecule has 66 heavy (non-hydrogen) atoms. The molecule has 14 rings (SSSR count). The van der Waals surface area contributed by atoms with Crippen molar-refractivity contribution in [2.24, 2.45) is 11.8 Å². The van der Waals surface area contributed by atoms with Gasteiger partial charge in [0.05, 0.1) is 35.3 Å². The molecule has 12 heteroatoms. The van der Waals surface area contributed by atoms with Crippen LogP contribution in [-0.4, -0.2) is 98.6 Å². The highest BCUT2D eigenvalue weighted by Gasteiger charge is 2.74. The standard InChI is InChI=1S/C54H52N2O10/c57-37-13-15-53(61)41-25-35-9-11-39(47-45(35)51(53,49(37)65-47)17-19-55(41)27-29-1-2-29)63-43(59)23-31-5-7-34-22-32(6-8-33(34)21-31)24-44(60)64-40-12-10-36-26-42-54(62)16-14-38(58)50-52(54,46(36)48(40)66-50)18-20-56(42)28-30-3-4-30/h5-12,17,19,21-22,29-30,41-42,49-50,61-62H,1-4,13-16,18,20,23-28H2/t41-,42-,49+,50+,51+,52+,53-,54-/m1/s1. The predicted molar refractivity (Wildman–Crippen MR) is 239 cm³/mol. The van der Waals surface area contributed by atoms with Crippen molar-refractivity contribution >= 4 is 34.3 Å². The van der Waals surface area contributed by atoms with Gasteiger partial charge in [-0.25, -0.2) is 0 Å². The maximum Gasteiger partial charge on any atom is 0.315 e. The first-order chi connectivity index (χ1) is 32.0. The third-order valence-electron chi connectivity index (χ3n) is 17.7. The van der Waals surface area contributed by atoms with E-state index in [1.54, 1.807) is 12.1 Å². The van der Waals surface area contributed by atoms with Crippen molar-refractivity contribution in [1.82, 2.24) is 9.80 Å². The molecule has 10 aliphatic rings. The number of fused-ring (bicyclic) bond motifs is 1. The Kier molecular flexibility index (Phi) is 8.12. The Bertz CT molecular complexity index is 2900. The summed E-state index contributed by atoms with van der Waals surface area (Å²) in [5.41, 5.74) is 1.07. The maximum atomic E-state index is 13.6. The molecule has 2 N–H and O–H groups in total. The molecule has 338 valence electrons. The highest BCUT2D eigenvalue weighted by Crippen LogP contribution is 2.66. The molecule has 0 aromatic heterocycles. The highest BCUT2D eigenvalue weighted by atomic mass is 16.6. The number of piperidine rings is 1. The number of rotatable bonds is 10. The van der Waals surface area contributed by atoms with Crippen LogP contribution in [0, 0.1) is 11.8 Å². The lowest BCUT2D eigenvalue weighted by molar-refractivity contribution is -0.188. The minimum atomic E-state index is -1.18. The average molecular weight is 889 g/mol. The van der Waals surface area contributed by atoms with Crippen LogP contribution < -0.4 is 18.9 Å². The molecule has 4 aromatic rings. The number of ketones is 2. The van der Waals surface area contributed by atoms with Crippen LogP contribution in [0.25, 0.3) is 10.8 Å². The lowest BCUT2D eigenvalue weighted by atomic mass is 9.49. The van der Waals surface area contributed by atoms with Gasteiger partial charge in [0.2, 0.25) is 0 Å². The number of likely N-dealkylation sites (tertiary alicyclic amines) is 1. The van der Waals surface area contributed by atoms with Gasteiger partial charge in [0.15, 0.2) is 46.8 Å². The lowest BCUT2D eigenvalue weighted by Gasteiger charge is -2.62. The summed E-state index contributed by atoms with van der Waals surface area (Å²) in [6.07, 6.45) is 10.5. The summed E-state index contributed by atoms with van der Waals surface area (Å²) in [6, 6.07) is 18.7. The van der Waals surface area contributed by atoms with Crippen LogP contribution in [0.4, 0.5) is 0 Å². The maximum absolute atomic E-state index is 13.6. The summed E-state index contributed by atoms with van der Waals surface area (Å²) in [5.74, 6) is 1.67. The number of esters is 2. The Morgan fingerprint density at radius 1 is 0.667 bits per heavy atom. The number of carbonyl (C=O) groups is 4. The Morgan fingerprint density at radius 2 is 1.24 bits per heavy atom. The van der Waals surface area contributed by atoms with Gasteiger partial charge in [-0.15, -0.1) is 0 Å². The fraction of sp³-hybridized carbons (Fsp3) is 0.481. The van der Waals surface area contributed by atoms with Gasteiger partial charge < -0.3 is 34.1 Å². The smallest absolute Gasteiger partial charge is 0.315 e. The fourth-order valence-electron chi connectivity index (χ4n) is 14.4. The van der Waals surface area contributed by atoms with Gasteiger partial charge in [-0.1, -0.05) is 54.6 Å². The molecule has 4 aliphatic heterocycles. The van der Waals surface area contributed by atoms with Gasteiger partial charge in [-0.3, -0.25) is 24.1 Å². The Labute approximate surface area is 381 Å². The summed E-state index contributed by atoms with van der Waals surface area (Å²) in [7, 11) is 0. The minimum absolute atomic E-state index is 0.000375. The first-order valence-corrected chi connectivity index (χ1v) is 24.2. The van der Waals surface area contributed by atoms with Gasteiger partial charge in [-0.2, -0.15) is 0 Å². The summed E-state index contributed by atoms with van der Waals surface area (Å²) in [5, 5.41) is 27.0. The van der Waals surface area contributed by atoms with Crippen molar-refractivity contribution in [2.45, 2.75) is 130 Å². The second-order valence-electron chi connectivity index (χ2n) is 21.4. The normalized spacial score (nSPS) is 33.8. The molecule has 0 radical (unpaired) electrons. The molecule has 4 aromatic carbocycles. The average Bonchev–Trinajstić information content (AvgIpc) is 4.23. The molecule has 1 saturated heterocycles. The van der Waals surface area contributed by atoms with Crippen LogP contribution in [0.1, 0.15) is 91.2 Å². The van der Waals surface area contributed by atoms with Crippen molar-refractivity contribution in [2.75, 3.05) is 19.6 Å². The van der Waals surface area contributed by atoms with E-state index in [0.29, 0.717) is 55.4 Å². The van der Waals surface area contributed by atoms with E-state index in [0.717, 1.165) is 63.8 Å². The second kappa shape index (κ2) is 13.5. The molecule has 12 nitrogen and oxygen atoms in total. The Balaban J connectivity index is 0.677. The van der Waals surface area contributed by atoms with Gasteiger partial charge in [0.1, 0.15) is 5.60 Å². The molecule has 5 fully saturated rings. The monoisotopic (exact) mass is 888 g/mol. The molecule has 0 amide bonds. The number of hydrogen-bond acceptors (Lipinski definition) is 12. The Morgan fingerprint density at radius 3 is 1.91 bits per heavy atom. The molecule has 4 bridgehead atoms. The number of carbonyl (C=O) groups excluding carboxylic acids is 4. The summed E-state index contributed by atoms with van der Waals surface area (Å²) < 4.78 is 25.1. The second-order valence-corrected chi connectivity index (χ2v) is 21.4. The molecule has 2 spiro atoms. The zero-order valence-electron chi connectivity index (χ0n) is 36.8. The van der Waals surface area contributed by atoms with E-state index in [1.807, 2.05) is 54.6 Å². The summed E-state index contributed by atoms with van der Waals surface area (Å²) in [4.78, 5) is 59.0. The molecule has 4 saturated carbocycles. The van der Waals surface area contributed by atoms with E-state index in [9.17, 15) is 29.4 Å². The van der Waals surface area contributed by atoms with Gasteiger partial charge in [-0.05, 0) is 128 Å². The molecule has 0 unspecified atom stereocenters. The number of benzene rings is 4. The third kappa shape index (κ3) is 5.32. The first kappa shape index (κ1) is 39.6. The molecular formula is C54H52N2O10. The van der Waals surface area contributed by atoms with Crippen molar-refractivity contribution < 1.29 is 48.3 Å². The van der Waals surface area contributed by atoms with E-state index in [-0.39, 0.29) is 60.8 Å². The molecule has 4 heterocycles. The van der Waals surface area contributed by atoms with Crippen LogP contribution in [0.5, 0.6) is 23.0 Å². The van der Waals surface area contributed by atoms with E-state index in [1.165, 1.54) is 25.7 Å². The topological polar surface area (TPSA) is 152 Å². The van der Waals surface area contributed by atoms with Crippen molar-refractivity contribution in [1.29, 1.82) is 0 Å². The molecule has 6 aliphatic carbocycles. The van der Waals surface area contributed by atoms with Gasteiger partial charge >= 0.3 is 11.9 Å². The van der Waals surface area contributed by atoms with Crippen LogP contribution >= 0.6 is 0 Å². The SMILES string of the molecule is O=C(Cc1ccc2cc(CC(=O)Oc3ccc4c5c3O[C@H]3C(=O)CC[C@@]6(O)[C@@H](C4)N(CC4CC4)CC[C@]536)ccc2c1)Oc1ccc2c3c1O[C@H]1C(=O)CC[C@@]4(O)[C@@H](C2)N(CC2CC2)C=C[C@]314. The quantitative estimate of drug-likeness (QED) is 0.152. The van der Waals surface area contributed by atoms with E-state index in [2.05, 4.69) is 16.0 Å². The van der Waals surface area contributed by atoms with Crippen LogP contribution in [0.15, 0.2) is 72.9 Å². The van der Waals surface area contributed by atoms with Gasteiger partial charge in [0.25, 0.3) is 0 Å². The first-order valence-electron chi connectivity index (χ1n) is 24.2. The molecular weight excluding hydrogens is 837 g/mol. The number of Topliss-reactive ketones (excluding diaryl/α,β-unsaturated/α-hetero) is 2. The van der Waals surface area contributed by atoms with E-state index in [4.69, 9.17) is 18.9 Å². The summed E-state index contributed by atoms with van der Waals surface area (Å²) >= 11 is 0. The number of ether oxygens (including phenoxy) is 4. The minimum Gasteiger partial charge on any atom is -0.477 e. The van der Waals surface area contributed by atoms with E-state index < -0.39 is 46.2 Å². The molecule has 8 atom stereocenters. The fourth-order valence-corrected chi connectivity index (χ4v) is 14.4. The predicted octanol–water partition coefficient (Wildman–Crippen LogP) is 5.53. The van der Waals surface area contributed by atoms with Crippen molar-refractivity contribution in [3.05, 3.63) is 106 Å². The van der Waals surface area contributed by atoms with Gasteiger partial charge in [0, 0.05) is 43.1 Å².